The minimum Gasteiger partial charge on any atom is -0.507 e. The van der Waals surface area contributed by atoms with Gasteiger partial charge in [-0.1, -0.05) is 6.92 Å². The highest BCUT2D eigenvalue weighted by atomic mass is 19.1. The van der Waals surface area contributed by atoms with Gasteiger partial charge in [0, 0.05) is 32.2 Å². The van der Waals surface area contributed by atoms with E-state index in [2.05, 4.69) is 11.8 Å². The lowest BCUT2D eigenvalue weighted by atomic mass is 10.1. The van der Waals surface area contributed by atoms with Gasteiger partial charge in [-0.15, -0.1) is 0 Å². The maximum atomic E-state index is 12.9. The molecule has 0 bridgehead atoms. The van der Waals surface area contributed by atoms with Gasteiger partial charge in [0.25, 0.3) is 5.91 Å². The predicted octanol–water partition coefficient (Wildman–Crippen LogP) is 1.31. The van der Waals surface area contributed by atoms with E-state index in [-0.39, 0.29) is 17.2 Å². The first-order valence-corrected chi connectivity index (χ1v) is 6.12. The van der Waals surface area contributed by atoms with Gasteiger partial charge in [0.1, 0.15) is 11.6 Å². The maximum Gasteiger partial charge on any atom is 0.257 e. The van der Waals surface area contributed by atoms with E-state index in [0.717, 1.165) is 25.7 Å². The molecule has 1 aliphatic heterocycles. The van der Waals surface area contributed by atoms with Crippen LogP contribution >= 0.6 is 0 Å². The summed E-state index contributed by atoms with van der Waals surface area (Å²) in [6.07, 6.45) is 0. The second-order valence-electron chi connectivity index (χ2n) is 4.39. The molecule has 0 radical (unpaired) electrons. The number of hydrogen-bond donors (Lipinski definition) is 1. The maximum absolute atomic E-state index is 12.9. The van der Waals surface area contributed by atoms with Crippen LogP contribution in [0, 0.1) is 5.82 Å². The van der Waals surface area contributed by atoms with Gasteiger partial charge in [-0.3, -0.25) is 4.79 Å². The Morgan fingerprint density at radius 1 is 1.33 bits per heavy atom. The minimum absolute atomic E-state index is 0.168. The van der Waals surface area contributed by atoms with Crippen LogP contribution < -0.4 is 0 Å². The lowest BCUT2D eigenvalue weighted by Gasteiger charge is -2.34. The smallest absolute Gasteiger partial charge is 0.257 e. The molecule has 2 rings (SSSR count). The molecule has 1 aromatic rings. The van der Waals surface area contributed by atoms with Gasteiger partial charge in [0.05, 0.1) is 5.56 Å². The van der Waals surface area contributed by atoms with E-state index in [1.54, 1.807) is 4.90 Å². The fourth-order valence-electron chi connectivity index (χ4n) is 2.12. The Hall–Kier alpha value is -1.62. The van der Waals surface area contributed by atoms with Crippen LogP contribution in [0.15, 0.2) is 18.2 Å². The van der Waals surface area contributed by atoms with E-state index >= 15 is 0 Å². The van der Waals surface area contributed by atoms with Crippen molar-refractivity contribution in [3.05, 3.63) is 29.6 Å². The van der Waals surface area contributed by atoms with Crippen LogP contribution in [0.3, 0.4) is 0 Å². The summed E-state index contributed by atoms with van der Waals surface area (Å²) in [5.41, 5.74) is 0.168. The molecule has 4 nitrogen and oxygen atoms in total. The molecule has 0 saturated carbocycles. The van der Waals surface area contributed by atoms with Crippen molar-refractivity contribution >= 4 is 5.91 Å². The lowest BCUT2D eigenvalue weighted by molar-refractivity contribution is 0.0640. The highest BCUT2D eigenvalue weighted by molar-refractivity contribution is 5.96. The molecule has 1 N–H and O–H groups in total. The Morgan fingerprint density at radius 3 is 2.56 bits per heavy atom. The summed E-state index contributed by atoms with van der Waals surface area (Å²) in [6.45, 7) is 6.02. The number of rotatable bonds is 2. The second kappa shape index (κ2) is 5.35. The van der Waals surface area contributed by atoms with E-state index in [1.165, 1.54) is 12.1 Å². The highest BCUT2D eigenvalue weighted by Gasteiger charge is 2.23. The van der Waals surface area contributed by atoms with Crippen molar-refractivity contribution < 1.29 is 14.3 Å². The van der Waals surface area contributed by atoms with Gasteiger partial charge >= 0.3 is 0 Å². The quantitative estimate of drug-likeness (QED) is 0.863. The van der Waals surface area contributed by atoms with E-state index in [4.69, 9.17) is 0 Å². The third kappa shape index (κ3) is 2.61. The second-order valence-corrected chi connectivity index (χ2v) is 4.39. The zero-order valence-corrected chi connectivity index (χ0v) is 10.4. The third-order valence-electron chi connectivity index (χ3n) is 3.30. The summed E-state index contributed by atoms with van der Waals surface area (Å²) in [4.78, 5) is 16.1. The average Bonchev–Trinajstić information content (AvgIpc) is 2.38. The number of carbonyl (C=O) groups is 1. The zero-order valence-electron chi connectivity index (χ0n) is 10.4. The van der Waals surface area contributed by atoms with Crippen LogP contribution in [0.1, 0.15) is 17.3 Å². The zero-order chi connectivity index (χ0) is 13.1. The van der Waals surface area contributed by atoms with Gasteiger partial charge in [0.15, 0.2) is 0 Å². The van der Waals surface area contributed by atoms with Crippen molar-refractivity contribution in [1.29, 1.82) is 0 Å². The largest absolute Gasteiger partial charge is 0.507 e. The molecule has 5 heteroatoms. The number of hydrogen-bond acceptors (Lipinski definition) is 3. The first-order chi connectivity index (χ1) is 8.61. The molecule has 1 aromatic carbocycles. The molecule has 1 amide bonds. The molecule has 0 spiro atoms. The lowest BCUT2D eigenvalue weighted by Crippen LogP contribution is -2.48. The van der Waals surface area contributed by atoms with Crippen LogP contribution in [-0.4, -0.2) is 53.5 Å². The Labute approximate surface area is 106 Å². The molecule has 98 valence electrons. The van der Waals surface area contributed by atoms with Crippen LogP contribution in [0.2, 0.25) is 0 Å². The highest BCUT2D eigenvalue weighted by Crippen LogP contribution is 2.20. The van der Waals surface area contributed by atoms with Gasteiger partial charge < -0.3 is 14.9 Å². The number of halogens is 1. The fourth-order valence-corrected chi connectivity index (χ4v) is 2.12. The van der Waals surface area contributed by atoms with Crippen LogP contribution in [-0.2, 0) is 0 Å². The summed E-state index contributed by atoms with van der Waals surface area (Å²) in [7, 11) is 0. The number of benzene rings is 1. The van der Waals surface area contributed by atoms with Crippen molar-refractivity contribution in [1.82, 2.24) is 9.80 Å². The van der Waals surface area contributed by atoms with Gasteiger partial charge in [-0.05, 0) is 18.7 Å². The Kier molecular flexibility index (Phi) is 3.81. The molecule has 0 atom stereocenters. The summed E-state index contributed by atoms with van der Waals surface area (Å²) in [5.74, 6) is -1.07. The van der Waals surface area contributed by atoms with E-state index in [9.17, 15) is 14.3 Å². The summed E-state index contributed by atoms with van der Waals surface area (Å²) in [5, 5.41) is 9.59. The predicted molar refractivity (Wildman–Crippen MR) is 66.1 cm³/mol. The van der Waals surface area contributed by atoms with E-state index in [1.807, 2.05) is 0 Å². The summed E-state index contributed by atoms with van der Waals surface area (Å²) >= 11 is 0. The van der Waals surface area contributed by atoms with Crippen LogP contribution in [0.25, 0.3) is 0 Å². The topological polar surface area (TPSA) is 43.8 Å². The van der Waals surface area contributed by atoms with Crippen molar-refractivity contribution in [3.63, 3.8) is 0 Å². The SMILES string of the molecule is CCN1CCN(C(=O)c2ccc(F)cc2O)CC1. The van der Waals surface area contributed by atoms with Crippen molar-refractivity contribution in [2.45, 2.75) is 6.92 Å². The molecule has 18 heavy (non-hydrogen) atoms. The third-order valence-corrected chi connectivity index (χ3v) is 3.30. The monoisotopic (exact) mass is 252 g/mol. The number of piperazine rings is 1. The number of amides is 1. The molecule has 1 aliphatic rings. The molecule has 0 aliphatic carbocycles. The van der Waals surface area contributed by atoms with E-state index in [0.29, 0.717) is 13.1 Å². The Morgan fingerprint density at radius 2 is 2.00 bits per heavy atom. The minimum atomic E-state index is -0.542. The number of aromatic hydroxyl groups is 1. The molecule has 0 unspecified atom stereocenters. The van der Waals surface area contributed by atoms with Crippen molar-refractivity contribution in [2.24, 2.45) is 0 Å². The number of phenolic OH excluding ortho intramolecular Hbond substituents is 1. The molecule has 1 fully saturated rings. The van der Waals surface area contributed by atoms with Gasteiger partial charge in [-0.2, -0.15) is 0 Å². The number of carbonyl (C=O) groups excluding carboxylic acids is 1. The summed E-state index contributed by atoms with van der Waals surface area (Å²) in [6, 6.07) is 3.49. The molecular weight excluding hydrogens is 235 g/mol. The fraction of sp³-hybridized carbons (Fsp3) is 0.462. The van der Waals surface area contributed by atoms with Crippen molar-refractivity contribution in [3.8, 4) is 5.75 Å². The van der Waals surface area contributed by atoms with Gasteiger partial charge in [0.2, 0.25) is 0 Å². The van der Waals surface area contributed by atoms with Crippen LogP contribution in [0.5, 0.6) is 5.75 Å². The Bertz CT molecular complexity index is 443. The number of nitrogens with zero attached hydrogens (tertiary/aromatic N) is 2. The molecule has 0 aromatic heterocycles. The molecular formula is C13H17FN2O2. The first-order valence-electron chi connectivity index (χ1n) is 6.12. The normalized spacial score (nSPS) is 16.9. The number of phenols is 1. The molecule has 1 heterocycles. The average molecular weight is 252 g/mol. The van der Waals surface area contributed by atoms with Crippen LogP contribution in [0.4, 0.5) is 4.39 Å². The number of likely N-dealkylation sites (N-methyl/N-ethyl adjacent to an activating group) is 1. The standard InChI is InChI=1S/C13H17FN2O2/c1-2-15-5-7-16(8-6-15)13(18)11-4-3-10(14)9-12(11)17/h3-4,9,17H,2,5-8H2,1H3. The molecule has 1 saturated heterocycles. The Balaban J connectivity index is 2.08. The first kappa shape index (κ1) is 12.8. The van der Waals surface area contributed by atoms with Crippen molar-refractivity contribution in [2.75, 3.05) is 32.7 Å². The van der Waals surface area contributed by atoms with E-state index < -0.39 is 5.82 Å². The summed E-state index contributed by atoms with van der Waals surface area (Å²) < 4.78 is 12.9. The van der Waals surface area contributed by atoms with Gasteiger partial charge in [-0.25, -0.2) is 4.39 Å².